The zero-order valence-electron chi connectivity index (χ0n) is 6.55. The van der Waals surface area contributed by atoms with Crippen LogP contribution in [-0.2, 0) is 6.42 Å². The van der Waals surface area contributed by atoms with E-state index in [-0.39, 0.29) is 5.82 Å². The van der Waals surface area contributed by atoms with Gasteiger partial charge in [-0.3, -0.25) is 0 Å². The molecule has 1 atom stereocenters. The van der Waals surface area contributed by atoms with Crippen molar-refractivity contribution >= 4 is 22.5 Å². The van der Waals surface area contributed by atoms with E-state index in [1.54, 1.807) is 0 Å². The van der Waals surface area contributed by atoms with Crippen LogP contribution in [0.25, 0.3) is 0 Å². The summed E-state index contributed by atoms with van der Waals surface area (Å²) in [6.07, 6.45) is 1.09. The van der Waals surface area contributed by atoms with E-state index < -0.39 is 0 Å². The van der Waals surface area contributed by atoms with E-state index in [0.717, 1.165) is 10.4 Å². The zero-order valence-corrected chi connectivity index (χ0v) is 9.84. The normalized spacial score (nSPS) is 13.0. The number of halogens is 1. The third kappa shape index (κ3) is 3.23. The summed E-state index contributed by atoms with van der Waals surface area (Å²) in [7, 11) is 0. The van der Waals surface area contributed by atoms with Crippen LogP contribution >= 0.6 is 0 Å². The van der Waals surface area contributed by atoms with Crippen LogP contribution < -0.4 is 0 Å². The summed E-state index contributed by atoms with van der Waals surface area (Å²) in [6.45, 7) is 2.21. The Balaban J connectivity index is 2.66. The molecule has 0 bridgehead atoms. The predicted molar refractivity (Wildman–Crippen MR) is 46.7 cm³/mol. The summed E-state index contributed by atoms with van der Waals surface area (Å²) >= 11 is 1.27. The van der Waals surface area contributed by atoms with Crippen molar-refractivity contribution in [2.24, 2.45) is 0 Å². The van der Waals surface area contributed by atoms with Crippen molar-refractivity contribution in [2.75, 3.05) is 0 Å². The van der Waals surface area contributed by atoms with Crippen LogP contribution in [-0.4, -0.2) is 22.5 Å². The van der Waals surface area contributed by atoms with Crippen molar-refractivity contribution in [1.29, 1.82) is 0 Å². The van der Waals surface area contributed by atoms with Gasteiger partial charge in [0.2, 0.25) is 0 Å². The number of rotatable bonds is 2. The minimum absolute atomic E-state index is 0.144. The molecular formula is C9H11FSn. The van der Waals surface area contributed by atoms with E-state index in [9.17, 15) is 4.39 Å². The van der Waals surface area contributed by atoms with Crippen LogP contribution in [0.5, 0.6) is 0 Å². The van der Waals surface area contributed by atoms with E-state index in [0.29, 0.717) is 0 Å². The molecule has 11 heavy (non-hydrogen) atoms. The van der Waals surface area contributed by atoms with Gasteiger partial charge in [0, 0.05) is 0 Å². The van der Waals surface area contributed by atoms with Crippen molar-refractivity contribution in [3.8, 4) is 0 Å². The Labute approximate surface area is 79.9 Å². The monoisotopic (exact) mass is 258 g/mol. The van der Waals surface area contributed by atoms with Gasteiger partial charge in [0.25, 0.3) is 0 Å². The SMILES string of the molecule is C[CH]([SnH])Cc1ccc(F)cc1. The average molecular weight is 257 g/mol. The molecule has 0 nitrogen and oxygen atoms in total. The molecule has 1 aromatic rings. The van der Waals surface area contributed by atoms with Gasteiger partial charge in [-0.05, 0) is 0 Å². The Morgan fingerprint density at radius 2 is 1.91 bits per heavy atom. The van der Waals surface area contributed by atoms with Gasteiger partial charge in [0.15, 0.2) is 0 Å². The second-order valence-corrected chi connectivity index (χ2v) is 6.06. The standard InChI is InChI=1S/C9H10F.Sn.H/c1-2-3-8-4-6-9(10)7-5-8;;/h2,4-7H,3H2,1H3;;. The Hall–Kier alpha value is -0.0513. The molecule has 0 spiro atoms. The predicted octanol–water partition coefficient (Wildman–Crippen LogP) is 2.08. The molecule has 1 unspecified atom stereocenters. The van der Waals surface area contributed by atoms with Gasteiger partial charge in [0.1, 0.15) is 0 Å². The first-order chi connectivity index (χ1) is 5.18. The molecule has 0 saturated heterocycles. The zero-order chi connectivity index (χ0) is 8.27. The van der Waals surface area contributed by atoms with Crippen molar-refractivity contribution in [3.63, 3.8) is 0 Å². The molecule has 0 fully saturated rings. The molecule has 0 aliphatic heterocycles. The van der Waals surface area contributed by atoms with Gasteiger partial charge >= 0.3 is 79.8 Å². The van der Waals surface area contributed by atoms with Gasteiger partial charge in [-0.25, -0.2) is 0 Å². The van der Waals surface area contributed by atoms with E-state index >= 15 is 0 Å². The van der Waals surface area contributed by atoms with Crippen molar-refractivity contribution in [1.82, 2.24) is 0 Å². The maximum absolute atomic E-state index is 12.4. The summed E-state index contributed by atoms with van der Waals surface area (Å²) in [5, 5.41) is 0. The second-order valence-electron chi connectivity index (χ2n) is 2.81. The van der Waals surface area contributed by atoms with E-state index in [1.165, 1.54) is 40.2 Å². The molecule has 0 N–H and O–H groups in total. The topological polar surface area (TPSA) is 0 Å². The summed E-state index contributed by atoms with van der Waals surface area (Å²) in [5.74, 6) is -0.144. The maximum atomic E-state index is 12.4. The quantitative estimate of drug-likeness (QED) is 0.711. The molecule has 0 amide bonds. The number of hydrogen-bond donors (Lipinski definition) is 0. The van der Waals surface area contributed by atoms with E-state index in [1.807, 2.05) is 12.1 Å². The molecule has 58 valence electrons. The minimum atomic E-state index is -0.144. The summed E-state index contributed by atoms with van der Waals surface area (Å²) in [4.78, 5) is 0. The van der Waals surface area contributed by atoms with Crippen LogP contribution in [0.15, 0.2) is 24.3 Å². The van der Waals surface area contributed by atoms with Crippen LogP contribution in [0, 0.1) is 5.82 Å². The van der Waals surface area contributed by atoms with Crippen molar-refractivity contribution in [2.45, 2.75) is 17.3 Å². The molecule has 2 radical (unpaired) electrons. The molecule has 1 aromatic carbocycles. The van der Waals surface area contributed by atoms with E-state index in [4.69, 9.17) is 0 Å². The first kappa shape index (κ1) is 9.04. The molecule has 0 aliphatic rings. The van der Waals surface area contributed by atoms with Crippen LogP contribution in [0.1, 0.15) is 12.5 Å². The van der Waals surface area contributed by atoms with Crippen molar-refractivity contribution < 1.29 is 4.39 Å². The summed E-state index contributed by atoms with van der Waals surface area (Å²) in [5.41, 5.74) is 1.24. The van der Waals surface area contributed by atoms with Gasteiger partial charge in [-0.15, -0.1) is 0 Å². The first-order valence-corrected chi connectivity index (χ1v) is 5.59. The van der Waals surface area contributed by atoms with Gasteiger partial charge in [-0.2, -0.15) is 0 Å². The Morgan fingerprint density at radius 3 is 2.36 bits per heavy atom. The molecule has 0 heterocycles. The van der Waals surface area contributed by atoms with Crippen LogP contribution in [0.3, 0.4) is 0 Å². The summed E-state index contributed by atoms with van der Waals surface area (Å²) < 4.78 is 13.2. The third-order valence-electron chi connectivity index (χ3n) is 1.47. The third-order valence-corrected chi connectivity index (χ3v) is 2.14. The average Bonchev–Trinajstić information content (AvgIpc) is 1.93. The number of benzene rings is 1. The molecule has 1 rings (SSSR count). The first-order valence-electron chi connectivity index (χ1n) is 3.68. The molecule has 0 aromatic heterocycles. The van der Waals surface area contributed by atoms with E-state index in [2.05, 4.69) is 6.92 Å². The molecule has 0 aliphatic carbocycles. The summed E-state index contributed by atoms with van der Waals surface area (Å²) in [6, 6.07) is 6.78. The second kappa shape index (κ2) is 4.09. The fourth-order valence-corrected chi connectivity index (χ4v) is 1.77. The van der Waals surface area contributed by atoms with Crippen molar-refractivity contribution in [3.05, 3.63) is 35.6 Å². The van der Waals surface area contributed by atoms with Crippen LogP contribution in [0.4, 0.5) is 4.39 Å². The Kier molecular flexibility index (Phi) is 3.37. The van der Waals surface area contributed by atoms with Crippen LogP contribution in [0.2, 0.25) is 3.93 Å². The Morgan fingerprint density at radius 1 is 1.36 bits per heavy atom. The number of hydrogen-bond acceptors (Lipinski definition) is 0. The molecular weight excluding hydrogens is 246 g/mol. The van der Waals surface area contributed by atoms with Gasteiger partial charge in [0.05, 0.1) is 0 Å². The molecule has 0 saturated carbocycles. The Bertz CT molecular complexity index is 216. The molecule has 2 heteroatoms. The van der Waals surface area contributed by atoms with Gasteiger partial charge < -0.3 is 0 Å². The fourth-order valence-electron chi connectivity index (χ4n) is 0.992. The fraction of sp³-hybridized carbons (Fsp3) is 0.333. The van der Waals surface area contributed by atoms with Gasteiger partial charge in [-0.1, -0.05) is 0 Å².